The van der Waals surface area contributed by atoms with E-state index < -0.39 is 29.4 Å². The lowest BCUT2D eigenvalue weighted by molar-refractivity contribution is -0.138. The van der Waals surface area contributed by atoms with Crippen molar-refractivity contribution in [2.24, 2.45) is 0 Å². The highest BCUT2D eigenvalue weighted by molar-refractivity contribution is 5.85. The fourth-order valence-electron chi connectivity index (χ4n) is 1.70. The Morgan fingerprint density at radius 2 is 1.11 bits per heavy atom. The lowest BCUT2D eigenvalue weighted by Gasteiger charge is -2.05. The van der Waals surface area contributed by atoms with E-state index in [2.05, 4.69) is 0 Å². The third-order valence-corrected chi connectivity index (χ3v) is 3.03. The topological polar surface area (TPSA) is 54.4 Å². The van der Waals surface area contributed by atoms with Crippen molar-refractivity contribution in [2.45, 2.75) is 12.4 Å². The first-order valence-corrected chi connectivity index (χ1v) is 7.14. The van der Waals surface area contributed by atoms with Crippen LogP contribution in [-0.4, -0.2) is 17.4 Å². The van der Waals surface area contributed by atoms with E-state index in [1.165, 1.54) is 18.2 Å². The van der Waals surface area contributed by atoms with Crippen LogP contribution in [0.15, 0.2) is 54.6 Å². The maximum Gasteiger partial charge on any atom is 0.416 e. The van der Waals surface area contributed by atoms with Crippen LogP contribution < -0.4 is 0 Å². The summed E-state index contributed by atoms with van der Waals surface area (Å²) in [4.78, 5) is 20.2. The van der Waals surface area contributed by atoms with Crippen molar-refractivity contribution in [3.8, 4) is 0 Å². The first-order chi connectivity index (χ1) is 12.4. The van der Waals surface area contributed by atoms with Crippen LogP contribution in [0.3, 0.4) is 0 Å². The van der Waals surface area contributed by atoms with Gasteiger partial charge >= 0.3 is 18.3 Å². The number of carboxylic acids is 1. The molecule has 0 aliphatic rings. The van der Waals surface area contributed by atoms with E-state index in [9.17, 15) is 35.9 Å². The maximum atomic E-state index is 12.1. The number of halogens is 6. The number of aldehydes is 1. The van der Waals surface area contributed by atoms with Gasteiger partial charge in [0, 0.05) is 11.6 Å². The Hall–Kier alpha value is -3.10. The summed E-state index contributed by atoms with van der Waals surface area (Å²) in [6, 6.07) is 8.26. The molecule has 1 N–H and O–H groups in total. The van der Waals surface area contributed by atoms with Crippen LogP contribution in [0.2, 0.25) is 0 Å². The molecule has 0 amide bonds. The average Bonchev–Trinajstić information content (AvgIpc) is 2.59. The van der Waals surface area contributed by atoms with Crippen molar-refractivity contribution in [1.82, 2.24) is 0 Å². The van der Waals surface area contributed by atoms with Crippen molar-refractivity contribution in [1.29, 1.82) is 0 Å². The van der Waals surface area contributed by atoms with E-state index >= 15 is 0 Å². The number of carbonyl (C=O) groups is 2. The Morgan fingerprint density at radius 1 is 0.741 bits per heavy atom. The summed E-state index contributed by atoms with van der Waals surface area (Å²) < 4.78 is 72.2. The number of rotatable bonds is 3. The van der Waals surface area contributed by atoms with Gasteiger partial charge < -0.3 is 5.11 Å². The smallest absolute Gasteiger partial charge is 0.416 e. The van der Waals surface area contributed by atoms with E-state index in [4.69, 9.17) is 5.11 Å². The zero-order chi connectivity index (χ0) is 20.7. The molecule has 2 aromatic carbocycles. The van der Waals surface area contributed by atoms with Crippen molar-refractivity contribution in [3.63, 3.8) is 0 Å². The van der Waals surface area contributed by atoms with Crippen LogP contribution in [-0.2, 0) is 17.1 Å². The molecule has 3 nitrogen and oxygen atoms in total. The van der Waals surface area contributed by atoms with E-state index in [1.54, 1.807) is 0 Å². The molecule has 27 heavy (non-hydrogen) atoms. The summed E-state index contributed by atoms with van der Waals surface area (Å²) in [7, 11) is 0. The van der Waals surface area contributed by atoms with E-state index in [0.717, 1.165) is 42.5 Å². The van der Waals surface area contributed by atoms with Gasteiger partial charge in [0.1, 0.15) is 6.29 Å². The Morgan fingerprint density at radius 3 is 1.41 bits per heavy atom. The molecule has 0 bridgehead atoms. The Bertz CT molecular complexity index is 788. The standard InChI is InChI=1S/C10H7F3O2.C8H5F3O/c11-10(12,13)8-4-1-7(2-5-8)3-6-9(14)15;9-8(10,11)7-3-1-6(5-12)2-4-7/h1-6H,(H,14,15);1-5H. The predicted molar refractivity (Wildman–Crippen MR) is 84.9 cm³/mol. The summed E-state index contributed by atoms with van der Waals surface area (Å²) in [6.07, 6.45) is -6.11. The van der Waals surface area contributed by atoms with E-state index in [0.29, 0.717) is 11.8 Å². The van der Waals surface area contributed by atoms with Gasteiger partial charge in [-0.1, -0.05) is 24.3 Å². The minimum atomic E-state index is -4.37. The molecule has 0 unspecified atom stereocenters. The summed E-state index contributed by atoms with van der Waals surface area (Å²) >= 11 is 0. The lowest BCUT2D eigenvalue weighted by atomic mass is 10.1. The van der Waals surface area contributed by atoms with Gasteiger partial charge in [-0.25, -0.2) is 4.79 Å². The molecule has 0 saturated heterocycles. The van der Waals surface area contributed by atoms with Gasteiger partial charge in [-0.15, -0.1) is 0 Å². The summed E-state index contributed by atoms with van der Waals surface area (Å²) in [5.74, 6) is -1.14. The fourth-order valence-corrected chi connectivity index (χ4v) is 1.70. The lowest BCUT2D eigenvalue weighted by Crippen LogP contribution is -2.04. The first-order valence-electron chi connectivity index (χ1n) is 7.14. The van der Waals surface area contributed by atoms with Crippen LogP contribution >= 0.6 is 0 Å². The molecule has 0 aliphatic heterocycles. The molecule has 0 aromatic heterocycles. The number of benzene rings is 2. The SMILES string of the molecule is O=C(O)C=Cc1ccc(C(F)(F)F)cc1.O=Cc1ccc(C(F)(F)F)cc1. The Labute approximate surface area is 149 Å². The van der Waals surface area contributed by atoms with Gasteiger partial charge in [-0.2, -0.15) is 26.3 Å². The molecule has 0 fully saturated rings. The van der Waals surface area contributed by atoms with E-state index in [-0.39, 0.29) is 5.56 Å². The second kappa shape index (κ2) is 9.02. The largest absolute Gasteiger partial charge is 0.478 e. The molecule has 0 heterocycles. The van der Waals surface area contributed by atoms with Crippen LogP contribution in [0.4, 0.5) is 26.3 Å². The fraction of sp³-hybridized carbons (Fsp3) is 0.111. The molecule has 2 aromatic rings. The molecule has 144 valence electrons. The van der Waals surface area contributed by atoms with Crippen molar-refractivity contribution in [2.75, 3.05) is 0 Å². The molecular weight excluding hydrogens is 378 g/mol. The van der Waals surface area contributed by atoms with Gasteiger partial charge in [0.2, 0.25) is 0 Å². The zero-order valence-corrected chi connectivity index (χ0v) is 13.4. The molecule has 0 radical (unpaired) electrons. The highest BCUT2D eigenvalue weighted by atomic mass is 19.4. The van der Waals surface area contributed by atoms with Crippen LogP contribution in [0.1, 0.15) is 27.0 Å². The normalized spacial score (nSPS) is 11.6. The number of aliphatic carboxylic acids is 1. The predicted octanol–water partition coefficient (Wildman–Crippen LogP) is 5.32. The number of hydrogen-bond donors (Lipinski definition) is 1. The highest BCUT2D eigenvalue weighted by Gasteiger charge is 2.30. The van der Waals surface area contributed by atoms with Gasteiger partial charge in [0.15, 0.2) is 0 Å². The molecule has 0 aliphatic carbocycles. The summed E-state index contributed by atoms with van der Waals surface area (Å²) in [5.41, 5.74) is -0.850. The van der Waals surface area contributed by atoms with Crippen molar-refractivity contribution in [3.05, 3.63) is 76.9 Å². The molecule has 9 heteroatoms. The minimum absolute atomic E-state index is 0.239. The molecule has 2 rings (SSSR count). The van der Waals surface area contributed by atoms with E-state index in [1.807, 2.05) is 0 Å². The monoisotopic (exact) mass is 390 g/mol. The third-order valence-electron chi connectivity index (χ3n) is 3.03. The van der Waals surface area contributed by atoms with Gasteiger partial charge in [0.25, 0.3) is 0 Å². The van der Waals surface area contributed by atoms with Gasteiger partial charge in [-0.05, 0) is 35.9 Å². The highest BCUT2D eigenvalue weighted by Crippen LogP contribution is 2.29. The molecular formula is C18H12F6O3. The van der Waals surface area contributed by atoms with Gasteiger partial charge in [0.05, 0.1) is 11.1 Å². The van der Waals surface area contributed by atoms with Gasteiger partial charge in [-0.3, -0.25) is 4.79 Å². The number of carboxylic acid groups (broad SMARTS) is 1. The summed E-state index contributed by atoms with van der Waals surface area (Å²) in [6.45, 7) is 0. The third kappa shape index (κ3) is 7.76. The van der Waals surface area contributed by atoms with Crippen molar-refractivity contribution < 1.29 is 41.0 Å². The number of carbonyl (C=O) groups excluding carboxylic acids is 1. The molecule has 0 atom stereocenters. The zero-order valence-electron chi connectivity index (χ0n) is 13.4. The maximum absolute atomic E-state index is 12.1. The Kier molecular flexibility index (Phi) is 7.33. The van der Waals surface area contributed by atoms with Crippen LogP contribution in [0, 0.1) is 0 Å². The van der Waals surface area contributed by atoms with Crippen LogP contribution in [0.5, 0.6) is 0 Å². The minimum Gasteiger partial charge on any atom is -0.478 e. The second-order valence-electron chi connectivity index (χ2n) is 5.03. The molecule has 0 spiro atoms. The quantitative estimate of drug-likeness (QED) is 0.438. The number of hydrogen-bond acceptors (Lipinski definition) is 2. The second-order valence-corrected chi connectivity index (χ2v) is 5.03. The summed E-state index contributed by atoms with van der Waals surface area (Å²) in [5, 5.41) is 8.29. The number of alkyl halides is 6. The Balaban J connectivity index is 0.000000277. The van der Waals surface area contributed by atoms with Crippen LogP contribution in [0.25, 0.3) is 6.08 Å². The molecule has 0 saturated carbocycles. The first kappa shape index (κ1) is 21.9. The average molecular weight is 390 g/mol. The van der Waals surface area contributed by atoms with Crippen molar-refractivity contribution >= 4 is 18.3 Å².